The molecule has 0 spiro atoms. The number of carbonyl (C=O) groups excluding carboxylic acids is 1. The predicted octanol–water partition coefficient (Wildman–Crippen LogP) is 7.22. The van der Waals surface area contributed by atoms with Gasteiger partial charge in [-0.3, -0.25) is 0 Å². The number of hydrogen-bond donors (Lipinski definition) is 2. The molecular weight excluding hydrogens is 611 g/mol. The number of aromatic nitrogens is 2. The number of methoxy groups -OCH3 is 2. The molecule has 12 heteroatoms. The van der Waals surface area contributed by atoms with Crippen molar-refractivity contribution in [3.05, 3.63) is 70.8 Å². The SMILES string of the molecule is COc1cc(C)c(-c2cc3c(NCC4CCN(C(=O)OC(C)(C)C)CC4)c(C(N)=Nc4cc(F)ccc4Cl)cnn3c2)cc1OC. The molecule has 1 aliphatic rings. The number of nitrogens with two attached hydrogens (primary N) is 1. The molecule has 1 aliphatic heterocycles. The maximum absolute atomic E-state index is 14.0. The first-order valence-electron chi connectivity index (χ1n) is 15.1. The minimum absolute atomic E-state index is 0.134. The highest BCUT2D eigenvalue weighted by Crippen LogP contribution is 2.37. The molecule has 2 aromatic heterocycles. The standard InChI is InChI=1S/C34H40ClFN6O4/c1-20-13-29(44-5)30(45-6)16-24(20)22-14-28-31(38-17-21-9-11-41(12-10-21)33(43)46-34(2,3)4)25(18-39-42(28)19-22)32(37)40-27-15-23(36)7-8-26(27)35/h7-8,13-16,18-19,21,38H,9-12,17H2,1-6H3,(H2,37,40). The topological polar surface area (TPSA) is 116 Å². The molecular formula is C34H40ClFN6O4. The fourth-order valence-corrected chi connectivity index (χ4v) is 5.69. The summed E-state index contributed by atoms with van der Waals surface area (Å²) in [5.74, 6) is 1.22. The second-order valence-corrected chi connectivity index (χ2v) is 12.8. The van der Waals surface area contributed by atoms with E-state index in [2.05, 4.69) is 15.4 Å². The van der Waals surface area contributed by atoms with Crippen molar-refractivity contribution < 1.29 is 23.4 Å². The van der Waals surface area contributed by atoms with Crippen LogP contribution in [-0.2, 0) is 4.74 Å². The van der Waals surface area contributed by atoms with Gasteiger partial charge in [-0.2, -0.15) is 5.10 Å². The number of benzene rings is 2. The molecule has 1 saturated heterocycles. The van der Waals surface area contributed by atoms with E-state index in [1.54, 1.807) is 29.8 Å². The average Bonchev–Trinajstić information content (AvgIpc) is 3.45. The van der Waals surface area contributed by atoms with Crippen LogP contribution in [0.4, 0.5) is 20.6 Å². The maximum Gasteiger partial charge on any atom is 0.410 e. The Morgan fingerprint density at radius 3 is 2.50 bits per heavy atom. The van der Waals surface area contributed by atoms with Gasteiger partial charge in [0.05, 0.1) is 47.9 Å². The van der Waals surface area contributed by atoms with Gasteiger partial charge in [-0.25, -0.2) is 18.7 Å². The smallest absolute Gasteiger partial charge is 0.410 e. The highest BCUT2D eigenvalue weighted by molar-refractivity contribution is 6.33. The monoisotopic (exact) mass is 650 g/mol. The van der Waals surface area contributed by atoms with E-state index >= 15 is 0 Å². The zero-order valence-corrected chi connectivity index (χ0v) is 27.7. The molecule has 2 aromatic carbocycles. The van der Waals surface area contributed by atoms with Crippen LogP contribution in [0.2, 0.25) is 5.02 Å². The summed E-state index contributed by atoms with van der Waals surface area (Å²) >= 11 is 6.31. The lowest BCUT2D eigenvalue weighted by Gasteiger charge is -2.33. The summed E-state index contributed by atoms with van der Waals surface area (Å²) in [4.78, 5) is 18.8. The van der Waals surface area contributed by atoms with E-state index in [-0.39, 0.29) is 28.6 Å². The van der Waals surface area contributed by atoms with Crippen molar-refractivity contribution in [2.24, 2.45) is 16.6 Å². The van der Waals surface area contributed by atoms with Gasteiger partial charge in [0.15, 0.2) is 11.5 Å². The molecule has 1 amide bonds. The van der Waals surface area contributed by atoms with Crippen LogP contribution in [0.1, 0.15) is 44.7 Å². The third-order valence-corrected chi connectivity index (χ3v) is 8.26. The molecule has 0 atom stereocenters. The zero-order valence-electron chi connectivity index (χ0n) is 27.0. The van der Waals surface area contributed by atoms with Gasteiger partial charge in [-0.15, -0.1) is 0 Å². The number of halogens is 2. The van der Waals surface area contributed by atoms with E-state index < -0.39 is 11.4 Å². The van der Waals surface area contributed by atoms with E-state index in [1.807, 2.05) is 52.1 Å². The Hall–Kier alpha value is -4.51. The Kier molecular flexibility index (Phi) is 9.62. The van der Waals surface area contributed by atoms with Crippen LogP contribution in [0.5, 0.6) is 11.5 Å². The summed E-state index contributed by atoms with van der Waals surface area (Å²) in [5.41, 5.74) is 11.2. The molecule has 10 nitrogen and oxygen atoms in total. The fourth-order valence-electron chi connectivity index (χ4n) is 5.53. The minimum Gasteiger partial charge on any atom is -0.493 e. The first kappa shape index (κ1) is 32.9. The number of nitrogens with one attached hydrogen (secondary N) is 1. The molecule has 0 unspecified atom stereocenters. The van der Waals surface area contributed by atoms with Crippen LogP contribution >= 0.6 is 11.6 Å². The number of rotatable bonds is 8. The molecule has 0 aliphatic carbocycles. The highest BCUT2D eigenvalue weighted by Gasteiger charge is 2.27. The Bertz CT molecular complexity index is 1780. The summed E-state index contributed by atoms with van der Waals surface area (Å²) in [7, 11) is 3.21. The summed E-state index contributed by atoms with van der Waals surface area (Å²) in [6.07, 6.45) is 4.90. The van der Waals surface area contributed by atoms with Crippen molar-refractivity contribution >= 4 is 40.4 Å². The third-order valence-electron chi connectivity index (χ3n) is 7.94. The van der Waals surface area contributed by atoms with E-state index in [9.17, 15) is 9.18 Å². The summed E-state index contributed by atoms with van der Waals surface area (Å²) < 4.78 is 32.4. The molecule has 0 saturated carbocycles. The number of aryl methyl sites for hydroxylation is 1. The first-order chi connectivity index (χ1) is 21.9. The van der Waals surface area contributed by atoms with Crippen molar-refractivity contribution in [1.29, 1.82) is 0 Å². The summed E-state index contributed by atoms with van der Waals surface area (Å²) in [6, 6.07) is 9.85. The number of carbonyl (C=O) groups is 1. The maximum atomic E-state index is 14.0. The van der Waals surface area contributed by atoms with Crippen molar-refractivity contribution in [3.8, 4) is 22.6 Å². The lowest BCUT2D eigenvalue weighted by molar-refractivity contribution is 0.0188. The average molecular weight is 651 g/mol. The lowest BCUT2D eigenvalue weighted by Crippen LogP contribution is -2.42. The van der Waals surface area contributed by atoms with Crippen LogP contribution in [0.3, 0.4) is 0 Å². The van der Waals surface area contributed by atoms with Crippen LogP contribution in [0.25, 0.3) is 16.6 Å². The van der Waals surface area contributed by atoms with Gasteiger partial charge in [-0.05, 0) is 87.9 Å². The van der Waals surface area contributed by atoms with Gasteiger partial charge in [0.2, 0.25) is 0 Å². The molecule has 244 valence electrons. The largest absolute Gasteiger partial charge is 0.493 e. The van der Waals surface area contributed by atoms with Gasteiger partial charge in [0.1, 0.15) is 17.3 Å². The molecule has 1 fully saturated rings. The number of amidine groups is 1. The molecule has 46 heavy (non-hydrogen) atoms. The van der Waals surface area contributed by atoms with E-state index in [1.165, 1.54) is 18.2 Å². The number of aliphatic imine (C=N–C) groups is 1. The Labute approximate surface area is 273 Å². The quantitative estimate of drug-likeness (QED) is 0.153. The van der Waals surface area contributed by atoms with E-state index in [4.69, 9.17) is 31.5 Å². The lowest BCUT2D eigenvalue weighted by atomic mass is 9.96. The van der Waals surface area contributed by atoms with Crippen LogP contribution in [0.15, 0.2) is 53.8 Å². The van der Waals surface area contributed by atoms with E-state index in [0.717, 1.165) is 40.7 Å². The van der Waals surface area contributed by atoms with Crippen molar-refractivity contribution in [2.45, 2.75) is 46.1 Å². The molecule has 0 radical (unpaired) electrons. The van der Waals surface area contributed by atoms with Crippen molar-refractivity contribution in [2.75, 3.05) is 39.2 Å². The number of piperidine rings is 1. The molecule has 0 bridgehead atoms. The number of nitrogens with zero attached hydrogens (tertiary/aromatic N) is 4. The molecule has 5 rings (SSSR count). The number of anilines is 1. The normalized spacial score (nSPS) is 14.4. The van der Waals surface area contributed by atoms with Gasteiger partial charge < -0.3 is 30.2 Å². The van der Waals surface area contributed by atoms with Gasteiger partial charge >= 0.3 is 6.09 Å². The number of fused-ring (bicyclic) bond motifs is 1. The van der Waals surface area contributed by atoms with Gasteiger partial charge in [0.25, 0.3) is 0 Å². The minimum atomic E-state index is -0.540. The number of hydrogen-bond acceptors (Lipinski definition) is 7. The van der Waals surface area contributed by atoms with Crippen molar-refractivity contribution in [3.63, 3.8) is 0 Å². The molecule has 3 heterocycles. The molecule has 4 aromatic rings. The predicted molar refractivity (Wildman–Crippen MR) is 179 cm³/mol. The second-order valence-electron chi connectivity index (χ2n) is 12.4. The number of likely N-dealkylation sites (tertiary alicyclic amines) is 1. The highest BCUT2D eigenvalue weighted by atomic mass is 35.5. The summed E-state index contributed by atoms with van der Waals surface area (Å²) in [5, 5.41) is 8.53. The second kappa shape index (κ2) is 13.5. The Morgan fingerprint density at radius 1 is 1.13 bits per heavy atom. The van der Waals surface area contributed by atoms with Gasteiger partial charge in [0, 0.05) is 37.5 Å². The van der Waals surface area contributed by atoms with Crippen molar-refractivity contribution in [1.82, 2.24) is 14.5 Å². The fraction of sp³-hybridized carbons (Fsp3) is 0.382. The Balaban J connectivity index is 1.49. The van der Waals surface area contributed by atoms with Crippen LogP contribution in [0, 0.1) is 18.7 Å². The van der Waals surface area contributed by atoms with Gasteiger partial charge in [-0.1, -0.05) is 11.6 Å². The Morgan fingerprint density at radius 2 is 1.83 bits per heavy atom. The van der Waals surface area contributed by atoms with E-state index in [0.29, 0.717) is 36.7 Å². The van der Waals surface area contributed by atoms with Crippen LogP contribution < -0.4 is 20.5 Å². The zero-order chi connectivity index (χ0) is 33.2. The van der Waals surface area contributed by atoms with Crippen LogP contribution in [-0.4, -0.2) is 65.9 Å². The number of ether oxygens (including phenoxy) is 3. The number of amides is 1. The first-order valence-corrected chi connectivity index (χ1v) is 15.5. The summed E-state index contributed by atoms with van der Waals surface area (Å²) in [6.45, 7) is 9.44. The third kappa shape index (κ3) is 7.31. The molecule has 3 N–H and O–H groups in total.